The zero-order valence-electron chi connectivity index (χ0n) is 7.24. The summed E-state index contributed by atoms with van der Waals surface area (Å²) in [4.78, 5) is 0. The number of aromatic nitrogens is 2. The first-order valence-electron chi connectivity index (χ1n) is 3.97. The molecule has 1 aromatic heterocycles. The fourth-order valence-electron chi connectivity index (χ4n) is 1.40. The molecule has 0 radical (unpaired) electrons. The van der Waals surface area contributed by atoms with E-state index >= 15 is 0 Å². The highest BCUT2D eigenvalue weighted by molar-refractivity contribution is 5.19. The molecule has 0 amide bonds. The Morgan fingerprint density at radius 1 is 1.75 bits per heavy atom. The van der Waals surface area contributed by atoms with Crippen LogP contribution in [0.4, 0.5) is 0 Å². The lowest BCUT2D eigenvalue weighted by Crippen LogP contribution is -2.26. The summed E-state index contributed by atoms with van der Waals surface area (Å²) >= 11 is 0. The van der Waals surface area contributed by atoms with Crippen LogP contribution in [0, 0.1) is 0 Å². The number of rotatable bonds is 1. The fourth-order valence-corrected chi connectivity index (χ4v) is 1.40. The van der Waals surface area contributed by atoms with Crippen LogP contribution in [0.25, 0.3) is 0 Å². The Morgan fingerprint density at radius 3 is 3.08 bits per heavy atom. The van der Waals surface area contributed by atoms with Gasteiger partial charge in [-0.3, -0.25) is 0 Å². The van der Waals surface area contributed by atoms with Crippen molar-refractivity contribution in [2.45, 2.75) is 32.6 Å². The third kappa shape index (κ3) is 1.08. The van der Waals surface area contributed by atoms with Crippen LogP contribution >= 0.6 is 0 Å². The van der Waals surface area contributed by atoms with Crippen LogP contribution < -0.4 is 4.74 Å². The van der Waals surface area contributed by atoms with Gasteiger partial charge in [0.1, 0.15) is 5.60 Å². The molecule has 0 aromatic carbocycles. The zero-order valence-corrected chi connectivity index (χ0v) is 7.24. The molecule has 0 spiro atoms. The number of nitrogens with zero attached hydrogens (tertiary/aromatic N) is 2. The number of aliphatic hydroxyl groups is 1. The van der Waals surface area contributed by atoms with Crippen molar-refractivity contribution < 1.29 is 9.84 Å². The Labute approximate surface area is 70.8 Å². The highest BCUT2D eigenvalue weighted by Gasteiger charge is 2.31. The maximum absolute atomic E-state index is 8.79. The lowest BCUT2D eigenvalue weighted by molar-refractivity contribution is 0.134. The van der Waals surface area contributed by atoms with Crippen molar-refractivity contribution in [3.8, 4) is 5.88 Å². The predicted molar refractivity (Wildman–Crippen MR) is 42.9 cm³/mol. The van der Waals surface area contributed by atoms with Gasteiger partial charge in [-0.2, -0.15) is 5.10 Å². The first-order chi connectivity index (χ1) is 5.61. The number of hydrogen-bond donors (Lipinski definition) is 1. The van der Waals surface area contributed by atoms with Crippen LogP contribution in [0.3, 0.4) is 0 Å². The number of aliphatic hydroxyl groups excluding tert-OH is 1. The summed E-state index contributed by atoms with van der Waals surface area (Å²) in [6, 6.07) is 1.77. The molecule has 0 atom stereocenters. The Kier molecular flexibility index (Phi) is 1.41. The topological polar surface area (TPSA) is 47.3 Å². The Balaban J connectivity index is 2.30. The molecular formula is C8H12N2O2. The third-order valence-corrected chi connectivity index (χ3v) is 1.87. The lowest BCUT2D eigenvalue weighted by atomic mass is 10.1. The van der Waals surface area contributed by atoms with Crippen LogP contribution in [0.1, 0.15) is 19.5 Å². The minimum Gasteiger partial charge on any atom is -0.470 e. The van der Waals surface area contributed by atoms with Crippen molar-refractivity contribution in [2.24, 2.45) is 0 Å². The maximum atomic E-state index is 8.79. The molecule has 66 valence electrons. The summed E-state index contributed by atoms with van der Waals surface area (Å²) in [5.41, 5.74) is 0.511. The summed E-state index contributed by atoms with van der Waals surface area (Å²) in [6.07, 6.45) is 0. The molecule has 2 rings (SSSR count). The van der Waals surface area contributed by atoms with Gasteiger partial charge in [0.15, 0.2) is 0 Å². The average molecular weight is 168 g/mol. The van der Waals surface area contributed by atoms with E-state index in [2.05, 4.69) is 5.10 Å². The van der Waals surface area contributed by atoms with E-state index in [0.717, 1.165) is 12.4 Å². The van der Waals surface area contributed by atoms with Gasteiger partial charge in [-0.05, 0) is 13.8 Å². The zero-order chi connectivity index (χ0) is 8.77. The predicted octanol–water partition coefficient (Wildman–Crippen LogP) is 0.546. The van der Waals surface area contributed by atoms with E-state index in [1.54, 1.807) is 10.7 Å². The van der Waals surface area contributed by atoms with Crippen molar-refractivity contribution in [3.63, 3.8) is 0 Å². The standard InChI is InChI=1S/C8H12N2O2/c1-8(2)5-10-7(12-8)3-6(4-11)9-10/h3,11H,4-5H2,1-2H3. The van der Waals surface area contributed by atoms with Gasteiger partial charge in [0.05, 0.1) is 18.8 Å². The van der Waals surface area contributed by atoms with Crippen molar-refractivity contribution in [2.75, 3.05) is 0 Å². The van der Waals surface area contributed by atoms with Crippen molar-refractivity contribution in [1.29, 1.82) is 0 Å². The number of ether oxygens (including phenoxy) is 1. The number of fused-ring (bicyclic) bond motifs is 1. The van der Waals surface area contributed by atoms with Crippen LogP contribution in [-0.2, 0) is 13.2 Å². The van der Waals surface area contributed by atoms with Gasteiger partial charge in [-0.25, -0.2) is 4.68 Å². The molecule has 2 heterocycles. The summed E-state index contributed by atoms with van der Waals surface area (Å²) in [5.74, 6) is 0.754. The first-order valence-corrected chi connectivity index (χ1v) is 3.97. The molecule has 0 aliphatic carbocycles. The second-order valence-electron chi connectivity index (χ2n) is 3.65. The van der Waals surface area contributed by atoms with Crippen molar-refractivity contribution >= 4 is 0 Å². The molecule has 0 fully saturated rings. The molecule has 0 saturated carbocycles. The van der Waals surface area contributed by atoms with Crippen LogP contribution in [0.5, 0.6) is 5.88 Å². The van der Waals surface area contributed by atoms with Gasteiger partial charge in [0, 0.05) is 6.07 Å². The van der Waals surface area contributed by atoms with Crippen LogP contribution in [-0.4, -0.2) is 20.5 Å². The molecule has 0 bridgehead atoms. The van der Waals surface area contributed by atoms with Gasteiger partial charge >= 0.3 is 0 Å². The van der Waals surface area contributed by atoms with E-state index in [1.807, 2.05) is 13.8 Å². The minimum absolute atomic E-state index is 0.0240. The quantitative estimate of drug-likeness (QED) is 0.666. The van der Waals surface area contributed by atoms with Gasteiger partial charge in [0.25, 0.3) is 0 Å². The molecule has 4 heteroatoms. The van der Waals surface area contributed by atoms with Gasteiger partial charge in [-0.1, -0.05) is 0 Å². The molecule has 1 aromatic rings. The van der Waals surface area contributed by atoms with E-state index < -0.39 is 0 Å². The lowest BCUT2D eigenvalue weighted by Gasteiger charge is -2.15. The maximum Gasteiger partial charge on any atom is 0.212 e. The van der Waals surface area contributed by atoms with Crippen LogP contribution in [0.2, 0.25) is 0 Å². The summed E-state index contributed by atoms with van der Waals surface area (Å²) in [6.45, 7) is 4.76. The first kappa shape index (κ1) is 7.61. The largest absolute Gasteiger partial charge is 0.470 e. The van der Waals surface area contributed by atoms with Crippen molar-refractivity contribution in [3.05, 3.63) is 11.8 Å². The minimum atomic E-state index is -0.156. The third-order valence-electron chi connectivity index (χ3n) is 1.87. The molecule has 0 unspecified atom stereocenters. The van der Waals surface area contributed by atoms with Gasteiger partial charge < -0.3 is 9.84 Å². The van der Waals surface area contributed by atoms with Gasteiger partial charge in [0.2, 0.25) is 5.88 Å². The molecular weight excluding hydrogens is 156 g/mol. The molecule has 1 aliphatic heterocycles. The SMILES string of the molecule is CC1(C)Cn2nc(CO)cc2O1. The number of hydrogen-bond acceptors (Lipinski definition) is 3. The Bertz CT molecular complexity index is 279. The van der Waals surface area contributed by atoms with Crippen molar-refractivity contribution in [1.82, 2.24) is 9.78 Å². The average Bonchev–Trinajstić information content (AvgIpc) is 2.40. The smallest absolute Gasteiger partial charge is 0.212 e. The highest BCUT2D eigenvalue weighted by Crippen LogP contribution is 2.28. The van der Waals surface area contributed by atoms with E-state index in [1.165, 1.54) is 0 Å². The Morgan fingerprint density at radius 2 is 2.50 bits per heavy atom. The second-order valence-corrected chi connectivity index (χ2v) is 3.65. The summed E-state index contributed by atoms with van der Waals surface area (Å²) in [7, 11) is 0. The van der Waals surface area contributed by atoms with E-state index in [9.17, 15) is 0 Å². The molecule has 12 heavy (non-hydrogen) atoms. The molecule has 0 saturated heterocycles. The van der Waals surface area contributed by atoms with Gasteiger partial charge in [-0.15, -0.1) is 0 Å². The fraction of sp³-hybridized carbons (Fsp3) is 0.625. The summed E-state index contributed by atoms with van der Waals surface area (Å²) in [5, 5.41) is 12.9. The second kappa shape index (κ2) is 2.23. The van der Waals surface area contributed by atoms with E-state index in [4.69, 9.17) is 9.84 Å². The molecule has 1 aliphatic rings. The normalized spacial score (nSPS) is 18.9. The molecule has 1 N–H and O–H groups in total. The Hall–Kier alpha value is -1.03. The molecule has 4 nitrogen and oxygen atoms in total. The monoisotopic (exact) mass is 168 g/mol. The van der Waals surface area contributed by atoms with E-state index in [-0.39, 0.29) is 12.2 Å². The highest BCUT2D eigenvalue weighted by atomic mass is 16.5. The van der Waals surface area contributed by atoms with E-state index in [0.29, 0.717) is 5.69 Å². The summed E-state index contributed by atoms with van der Waals surface area (Å²) < 4.78 is 7.35. The van der Waals surface area contributed by atoms with Crippen LogP contribution in [0.15, 0.2) is 6.07 Å².